The van der Waals surface area contributed by atoms with Gasteiger partial charge in [-0.3, -0.25) is 0 Å². The molecule has 0 bridgehead atoms. The molecule has 1 fully saturated rings. The predicted octanol–water partition coefficient (Wildman–Crippen LogP) is 3.12. The third-order valence-electron chi connectivity index (χ3n) is 3.73. The molecule has 0 unspecified atom stereocenters. The fourth-order valence-corrected chi connectivity index (χ4v) is 2.49. The van der Waals surface area contributed by atoms with Crippen molar-refractivity contribution in [1.82, 2.24) is 10.2 Å². The second-order valence-electron chi connectivity index (χ2n) is 7.10. The van der Waals surface area contributed by atoms with Gasteiger partial charge < -0.3 is 19.7 Å². The fraction of sp³-hybridized carbons (Fsp3) is 0.556. The molecule has 0 aliphatic carbocycles. The lowest BCUT2D eigenvalue weighted by Crippen LogP contribution is -2.36. The van der Waals surface area contributed by atoms with E-state index < -0.39 is 29.9 Å². The minimum atomic E-state index is -1.21. The van der Waals surface area contributed by atoms with Gasteiger partial charge in [-0.2, -0.15) is 0 Å². The summed E-state index contributed by atoms with van der Waals surface area (Å²) in [5, 5.41) is 2.55. The topological polar surface area (TPSA) is 67.9 Å². The van der Waals surface area contributed by atoms with Crippen LogP contribution in [0, 0.1) is 5.92 Å². The molecule has 0 radical (unpaired) electrons. The molecule has 2 rings (SSSR count). The van der Waals surface area contributed by atoms with Crippen molar-refractivity contribution in [2.24, 2.45) is 5.92 Å². The minimum absolute atomic E-state index is 0.0275. The molecule has 1 aliphatic heterocycles. The van der Waals surface area contributed by atoms with Crippen LogP contribution in [0.25, 0.3) is 0 Å². The third kappa shape index (κ3) is 6.25. The van der Waals surface area contributed by atoms with E-state index in [4.69, 9.17) is 9.47 Å². The number of benzene rings is 1. The number of alkyl carbamates (subject to hydrolysis) is 1. The molecular weight excluding hydrogens is 327 g/mol. The standard InChI is InChI=1S/C18H25FN2O4/c1-18(2,3)25-17(23)21-10-14(15(19)11-21)9-20-16(22)24-12-13-7-5-4-6-8-13/h4-8,14-15H,9-12H2,1-3H3,(H,20,22)/t14-,15+/m0/s1. The summed E-state index contributed by atoms with van der Waals surface area (Å²) < 4.78 is 24.4. The summed E-state index contributed by atoms with van der Waals surface area (Å²) in [5.74, 6) is -0.475. The van der Waals surface area contributed by atoms with Crippen LogP contribution >= 0.6 is 0 Å². The van der Waals surface area contributed by atoms with Crippen molar-refractivity contribution >= 4 is 12.2 Å². The van der Waals surface area contributed by atoms with Crippen molar-refractivity contribution in [2.45, 2.75) is 39.2 Å². The normalized spacial score (nSPS) is 20.2. The number of alkyl halides is 1. The quantitative estimate of drug-likeness (QED) is 0.904. The molecule has 1 N–H and O–H groups in total. The van der Waals surface area contributed by atoms with Gasteiger partial charge in [0.2, 0.25) is 0 Å². The first-order chi connectivity index (χ1) is 11.7. The van der Waals surface area contributed by atoms with Gasteiger partial charge in [0.25, 0.3) is 0 Å². The molecule has 1 saturated heterocycles. The van der Waals surface area contributed by atoms with E-state index in [1.54, 1.807) is 20.8 Å². The molecule has 1 aliphatic rings. The number of carbonyl (C=O) groups is 2. The molecule has 6 nitrogen and oxygen atoms in total. The van der Waals surface area contributed by atoms with Gasteiger partial charge in [0.05, 0.1) is 6.54 Å². The molecule has 0 spiro atoms. The van der Waals surface area contributed by atoms with E-state index in [9.17, 15) is 14.0 Å². The lowest BCUT2D eigenvalue weighted by atomic mass is 10.1. The van der Waals surface area contributed by atoms with Gasteiger partial charge in [0, 0.05) is 19.0 Å². The minimum Gasteiger partial charge on any atom is -0.445 e. The summed E-state index contributed by atoms with van der Waals surface area (Å²) in [6.07, 6.45) is -2.35. The molecule has 0 saturated carbocycles. The zero-order chi connectivity index (χ0) is 18.4. The maximum Gasteiger partial charge on any atom is 0.410 e. The average molecular weight is 352 g/mol. The van der Waals surface area contributed by atoms with Crippen LogP contribution in [0.3, 0.4) is 0 Å². The summed E-state index contributed by atoms with van der Waals surface area (Å²) in [4.78, 5) is 25.0. The van der Waals surface area contributed by atoms with Gasteiger partial charge in [-0.15, -0.1) is 0 Å². The summed E-state index contributed by atoms with van der Waals surface area (Å²) in [6, 6.07) is 9.28. The Kier molecular flexibility index (Phi) is 6.22. The Morgan fingerprint density at radius 2 is 1.92 bits per heavy atom. The Balaban J connectivity index is 1.73. The largest absolute Gasteiger partial charge is 0.445 e. The van der Waals surface area contributed by atoms with Crippen molar-refractivity contribution in [2.75, 3.05) is 19.6 Å². The Hall–Kier alpha value is -2.31. The highest BCUT2D eigenvalue weighted by atomic mass is 19.1. The number of hydrogen-bond acceptors (Lipinski definition) is 4. The van der Waals surface area contributed by atoms with E-state index in [0.717, 1.165) is 5.56 Å². The van der Waals surface area contributed by atoms with Crippen LogP contribution in [0.1, 0.15) is 26.3 Å². The van der Waals surface area contributed by atoms with Crippen LogP contribution in [0.2, 0.25) is 0 Å². The summed E-state index contributed by atoms with van der Waals surface area (Å²) in [5.41, 5.74) is 0.249. The highest BCUT2D eigenvalue weighted by Crippen LogP contribution is 2.22. The van der Waals surface area contributed by atoms with E-state index in [0.29, 0.717) is 0 Å². The van der Waals surface area contributed by atoms with Crippen LogP contribution in [0.4, 0.5) is 14.0 Å². The van der Waals surface area contributed by atoms with Gasteiger partial charge in [0.15, 0.2) is 0 Å². The van der Waals surface area contributed by atoms with Gasteiger partial charge in [-0.05, 0) is 26.3 Å². The number of carbonyl (C=O) groups excluding carboxylic acids is 2. The van der Waals surface area contributed by atoms with E-state index in [-0.39, 0.29) is 26.2 Å². The number of nitrogens with one attached hydrogen (secondary N) is 1. The first-order valence-corrected chi connectivity index (χ1v) is 8.31. The van der Waals surface area contributed by atoms with Gasteiger partial charge in [-0.25, -0.2) is 14.0 Å². The highest BCUT2D eigenvalue weighted by Gasteiger charge is 2.37. The first-order valence-electron chi connectivity index (χ1n) is 8.31. The summed E-state index contributed by atoms with van der Waals surface area (Å²) >= 11 is 0. The predicted molar refractivity (Wildman–Crippen MR) is 90.8 cm³/mol. The first kappa shape index (κ1) is 19.0. The van der Waals surface area contributed by atoms with Crippen LogP contribution in [-0.2, 0) is 16.1 Å². The lowest BCUT2D eigenvalue weighted by Gasteiger charge is -2.24. The van der Waals surface area contributed by atoms with Crippen molar-refractivity contribution in [3.05, 3.63) is 35.9 Å². The molecular formula is C18H25FN2O4. The smallest absolute Gasteiger partial charge is 0.410 e. The van der Waals surface area contributed by atoms with Crippen LogP contribution in [0.5, 0.6) is 0 Å². The van der Waals surface area contributed by atoms with Crippen molar-refractivity contribution in [1.29, 1.82) is 0 Å². The maximum atomic E-state index is 14.1. The van der Waals surface area contributed by atoms with E-state index in [1.165, 1.54) is 4.90 Å². The third-order valence-corrected chi connectivity index (χ3v) is 3.73. The molecule has 25 heavy (non-hydrogen) atoms. The number of ether oxygens (including phenoxy) is 2. The molecule has 0 aromatic heterocycles. The SMILES string of the molecule is CC(C)(C)OC(=O)N1C[C@H](CNC(=O)OCc2ccccc2)[C@H](F)C1. The van der Waals surface area contributed by atoms with Crippen molar-refractivity contribution < 1.29 is 23.5 Å². The molecule has 1 aromatic rings. The van der Waals surface area contributed by atoms with Gasteiger partial charge in [0.1, 0.15) is 18.4 Å². The molecule has 138 valence electrons. The van der Waals surface area contributed by atoms with Gasteiger partial charge >= 0.3 is 12.2 Å². The van der Waals surface area contributed by atoms with Crippen LogP contribution < -0.4 is 5.32 Å². The highest BCUT2D eigenvalue weighted by molar-refractivity contribution is 5.69. The molecule has 2 amide bonds. The number of likely N-dealkylation sites (tertiary alicyclic amines) is 1. The number of nitrogens with zero attached hydrogens (tertiary/aromatic N) is 1. The summed E-state index contributed by atoms with van der Waals surface area (Å²) in [6.45, 7) is 5.71. The van der Waals surface area contributed by atoms with Gasteiger partial charge in [-0.1, -0.05) is 30.3 Å². The summed E-state index contributed by atoms with van der Waals surface area (Å²) in [7, 11) is 0. The van der Waals surface area contributed by atoms with E-state index in [1.807, 2.05) is 30.3 Å². The number of rotatable bonds is 4. The Morgan fingerprint density at radius 3 is 2.56 bits per heavy atom. The zero-order valence-electron chi connectivity index (χ0n) is 14.8. The maximum absolute atomic E-state index is 14.1. The van der Waals surface area contributed by atoms with E-state index >= 15 is 0 Å². The molecule has 1 aromatic carbocycles. The number of amides is 2. The fourth-order valence-electron chi connectivity index (χ4n) is 2.49. The Labute approximate surface area is 147 Å². The van der Waals surface area contributed by atoms with Crippen molar-refractivity contribution in [3.63, 3.8) is 0 Å². The lowest BCUT2D eigenvalue weighted by molar-refractivity contribution is 0.0281. The van der Waals surface area contributed by atoms with E-state index in [2.05, 4.69) is 5.32 Å². The second kappa shape index (κ2) is 8.18. The van der Waals surface area contributed by atoms with Crippen LogP contribution in [0.15, 0.2) is 30.3 Å². The molecule has 7 heteroatoms. The second-order valence-corrected chi connectivity index (χ2v) is 7.10. The van der Waals surface area contributed by atoms with Crippen LogP contribution in [-0.4, -0.2) is 48.5 Å². The monoisotopic (exact) mass is 352 g/mol. The Bertz CT molecular complexity index is 588. The Morgan fingerprint density at radius 1 is 1.24 bits per heavy atom. The molecule has 1 heterocycles. The zero-order valence-corrected chi connectivity index (χ0v) is 14.8. The number of hydrogen-bond donors (Lipinski definition) is 1. The average Bonchev–Trinajstić information content (AvgIpc) is 2.91. The number of halogens is 1. The molecule has 2 atom stereocenters. The van der Waals surface area contributed by atoms with Crippen molar-refractivity contribution in [3.8, 4) is 0 Å².